The first-order valence-corrected chi connectivity index (χ1v) is 7.49. The van der Waals surface area contributed by atoms with Crippen LogP contribution in [-0.4, -0.2) is 51.6 Å². The predicted octanol–water partition coefficient (Wildman–Crippen LogP) is 2.08. The van der Waals surface area contributed by atoms with E-state index < -0.39 is 30.8 Å². The van der Waals surface area contributed by atoms with E-state index in [2.05, 4.69) is 15.1 Å². The van der Waals surface area contributed by atoms with Crippen molar-refractivity contribution in [1.82, 2.24) is 20.0 Å². The summed E-state index contributed by atoms with van der Waals surface area (Å²) < 4.78 is 37.8. The van der Waals surface area contributed by atoms with Crippen molar-refractivity contribution < 1.29 is 22.8 Å². The average Bonchev–Trinajstić information content (AvgIpc) is 3.17. The number of amides is 1. The Hall–Kier alpha value is -2.42. The number of alkyl halides is 2. The molecule has 1 atom stereocenters. The first kappa shape index (κ1) is 16.4. The maximum absolute atomic E-state index is 13.8. The van der Waals surface area contributed by atoms with Gasteiger partial charge in [-0.2, -0.15) is 4.98 Å². The molecule has 1 aliphatic heterocycles. The molecule has 0 saturated carbocycles. The van der Waals surface area contributed by atoms with Gasteiger partial charge in [0.1, 0.15) is 12.6 Å². The molecule has 2 aromatic heterocycles. The highest BCUT2D eigenvalue weighted by Crippen LogP contribution is 2.40. The van der Waals surface area contributed by atoms with Crippen LogP contribution in [-0.2, 0) is 9.53 Å². The highest BCUT2D eigenvalue weighted by atomic mass is 19.3. The summed E-state index contributed by atoms with van der Waals surface area (Å²) in [6.07, 6.45) is 2.57. The number of aromatic nitrogens is 3. The number of rotatable bonds is 5. The molecule has 0 spiro atoms. The van der Waals surface area contributed by atoms with Crippen LogP contribution < -0.4 is 0 Å². The number of likely N-dealkylation sites (tertiary alicyclic amines) is 1. The van der Waals surface area contributed by atoms with E-state index in [0.29, 0.717) is 12.2 Å². The zero-order valence-corrected chi connectivity index (χ0v) is 13.0. The van der Waals surface area contributed by atoms with Crippen LogP contribution in [0.4, 0.5) is 8.78 Å². The maximum atomic E-state index is 13.8. The Morgan fingerprint density at radius 1 is 1.54 bits per heavy atom. The van der Waals surface area contributed by atoms with Crippen LogP contribution in [0.5, 0.6) is 0 Å². The molecule has 24 heavy (non-hydrogen) atoms. The number of carbonyl (C=O) groups excluding carboxylic acids is 1. The molecule has 1 fully saturated rings. The van der Waals surface area contributed by atoms with Gasteiger partial charge in [0, 0.05) is 31.0 Å². The van der Waals surface area contributed by atoms with Gasteiger partial charge in [0.15, 0.2) is 0 Å². The van der Waals surface area contributed by atoms with Crippen molar-refractivity contribution in [3.8, 4) is 11.4 Å². The highest BCUT2D eigenvalue weighted by molar-refractivity contribution is 5.78. The molecular formula is C15H16F2N4O3. The largest absolute Gasteiger partial charge is 0.372 e. The van der Waals surface area contributed by atoms with Crippen LogP contribution in [0.25, 0.3) is 11.4 Å². The fourth-order valence-corrected chi connectivity index (χ4v) is 2.55. The molecule has 0 aliphatic carbocycles. The predicted molar refractivity (Wildman–Crippen MR) is 78.0 cm³/mol. The molecule has 1 saturated heterocycles. The van der Waals surface area contributed by atoms with Crippen LogP contribution in [0.2, 0.25) is 0 Å². The number of ether oxygens (including phenoxy) is 1. The van der Waals surface area contributed by atoms with E-state index in [1.54, 1.807) is 25.3 Å². The average molecular weight is 338 g/mol. The van der Waals surface area contributed by atoms with Crippen molar-refractivity contribution in [2.45, 2.75) is 25.3 Å². The Labute approximate surface area is 136 Å². The third-order valence-electron chi connectivity index (χ3n) is 3.67. The molecule has 128 valence electrons. The molecule has 0 unspecified atom stereocenters. The number of halogens is 2. The summed E-state index contributed by atoms with van der Waals surface area (Å²) in [7, 11) is 0. The Morgan fingerprint density at radius 2 is 2.38 bits per heavy atom. The fraction of sp³-hybridized carbons (Fsp3) is 0.467. The Bertz CT molecular complexity index is 708. The Morgan fingerprint density at radius 3 is 3.08 bits per heavy atom. The van der Waals surface area contributed by atoms with Gasteiger partial charge in [-0.3, -0.25) is 9.78 Å². The van der Waals surface area contributed by atoms with Gasteiger partial charge < -0.3 is 14.2 Å². The van der Waals surface area contributed by atoms with Crippen molar-refractivity contribution >= 4 is 5.91 Å². The molecule has 0 aromatic carbocycles. The molecule has 1 aliphatic rings. The number of nitrogens with zero attached hydrogens (tertiary/aromatic N) is 4. The normalized spacial score (nSPS) is 19.6. The number of hydrogen-bond acceptors (Lipinski definition) is 6. The third kappa shape index (κ3) is 3.40. The summed E-state index contributed by atoms with van der Waals surface area (Å²) in [5.74, 6) is -3.31. The fourth-order valence-electron chi connectivity index (χ4n) is 2.55. The van der Waals surface area contributed by atoms with Gasteiger partial charge in [0.2, 0.25) is 17.6 Å². The molecule has 1 amide bonds. The van der Waals surface area contributed by atoms with E-state index in [1.165, 1.54) is 6.20 Å². The van der Waals surface area contributed by atoms with E-state index in [4.69, 9.17) is 9.26 Å². The second-order valence-electron chi connectivity index (χ2n) is 5.43. The standard InChI is InChI=1S/C15H16F2N4O3/c1-2-23-8-12(22)21-9-15(16,17)6-11(21)14-19-13(20-24-14)10-4-3-5-18-7-10/h3-5,7,11H,2,6,8-9H2,1H3/t11-/m0/s1. The molecule has 9 heteroatoms. The number of hydrogen-bond donors (Lipinski definition) is 0. The molecule has 0 radical (unpaired) electrons. The van der Waals surface area contributed by atoms with E-state index in [1.807, 2.05) is 0 Å². The zero-order valence-electron chi connectivity index (χ0n) is 13.0. The highest BCUT2D eigenvalue weighted by Gasteiger charge is 2.49. The number of pyridine rings is 1. The molecule has 0 bridgehead atoms. The second-order valence-corrected chi connectivity index (χ2v) is 5.43. The lowest BCUT2D eigenvalue weighted by molar-refractivity contribution is -0.138. The minimum atomic E-state index is -3.00. The lowest BCUT2D eigenvalue weighted by Crippen LogP contribution is -2.35. The minimum absolute atomic E-state index is 0.0177. The van der Waals surface area contributed by atoms with Crippen LogP contribution in [0.3, 0.4) is 0 Å². The smallest absolute Gasteiger partial charge is 0.267 e. The van der Waals surface area contributed by atoms with Gasteiger partial charge >= 0.3 is 0 Å². The maximum Gasteiger partial charge on any atom is 0.267 e. The van der Waals surface area contributed by atoms with Gasteiger partial charge in [-0.25, -0.2) is 8.78 Å². The zero-order chi connectivity index (χ0) is 17.2. The van der Waals surface area contributed by atoms with Crippen molar-refractivity contribution in [2.75, 3.05) is 19.8 Å². The molecule has 2 aromatic rings. The van der Waals surface area contributed by atoms with E-state index in [-0.39, 0.29) is 18.3 Å². The number of carbonyl (C=O) groups is 1. The first-order valence-electron chi connectivity index (χ1n) is 7.49. The van der Waals surface area contributed by atoms with Crippen LogP contribution >= 0.6 is 0 Å². The summed E-state index contributed by atoms with van der Waals surface area (Å²) in [6.45, 7) is 1.11. The SMILES string of the molecule is CCOCC(=O)N1CC(F)(F)C[C@H]1c1nc(-c2cccnc2)no1. The first-order chi connectivity index (χ1) is 11.5. The molecule has 7 nitrogen and oxygen atoms in total. The lowest BCUT2D eigenvalue weighted by atomic mass is 10.2. The van der Waals surface area contributed by atoms with Crippen molar-refractivity contribution in [2.24, 2.45) is 0 Å². The summed E-state index contributed by atoms with van der Waals surface area (Å²) in [5.41, 5.74) is 0.601. The third-order valence-corrected chi connectivity index (χ3v) is 3.67. The van der Waals surface area contributed by atoms with E-state index in [9.17, 15) is 13.6 Å². The lowest BCUT2D eigenvalue weighted by Gasteiger charge is -2.20. The topological polar surface area (TPSA) is 81.4 Å². The molecule has 3 rings (SSSR count). The van der Waals surface area contributed by atoms with Crippen molar-refractivity contribution in [1.29, 1.82) is 0 Å². The van der Waals surface area contributed by atoms with Gasteiger partial charge in [0.25, 0.3) is 5.92 Å². The van der Waals surface area contributed by atoms with Crippen LogP contribution in [0.15, 0.2) is 29.0 Å². The molecular weight excluding hydrogens is 322 g/mol. The van der Waals surface area contributed by atoms with E-state index >= 15 is 0 Å². The van der Waals surface area contributed by atoms with Gasteiger partial charge in [-0.15, -0.1) is 0 Å². The summed E-state index contributed by atoms with van der Waals surface area (Å²) in [6, 6.07) is 2.46. The molecule has 0 N–H and O–H groups in total. The quantitative estimate of drug-likeness (QED) is 0.830. The second kappa shape index (κ2) is 6.60. The van der Waals surface area contributed by atoms with E-state index in [0.717, 1.165) is 4.90 Å². The van der Waals surface area contributed by atoms with Crippen LogP contribution in [0.1, 0.15) is 25.3 Å². The monoisotopic (exact) mass is 338 g/mol. The van der Waals surface area contributed by atoms with Crippen molar-refractivity contribution in [3.63, 3.8) is 0 Å². The minimum Gasteiger partial charge on any atom is -0.372 e. The molecule has 3 heterocycles. The summed E-state index contributed by atoms with van der Waals surface area (Å²) in [5, 5.41) is 3.79. The van der Waals surface area contributed by atoms with Gasteiger partial charge in [0.05, 0.1) is 6.54 Å². The summed E-state index contributed by atoms with van der Waals surface area (Å²) >= 11 is 0. The Balaban J connectivity index is 1.83. The van der Waals surface area contributed by atoms with Gasteiger partial charge in [-0.1, -0.05) is 5.16 Å². The van der Waals surface area contributed by atoms with Gasteiger partial charge in [-0.05, 0) is 19.1 Å². The van der Waals surface area contributed by atoms with Crippen molar-refractivity contribution in [3.05, 3.63) is 30.4 Å². The Kier molecular flexibility index (Phi) is 4.52. The summed E-state index contributed by atoms with van der Waals surface area (Å²) in [4.78, 5) is 21.3. The van der Waals surface area contributed by atoms with Crippen LogP contribution in [0, 0.1) is 0 Å².